The molecule has 0 saturated heterocycles. The van der Waals surface area contributed by atoms with Gasteiger partial charge in [-0.1, -0.05) is 0 Å². The van der Waals surface area contributed by atoms with Crippen molar-refractivity contribution in [2.45, 2.75) is 0 Å². The van der Waals surface area contributed by atoms with Gasteiger partial charge in [0.2, 0.25) is 0 Å². The zero-order valence-corrected chi connectivity index (χ0v) is 19.9. The van der Waals surface area contributed by atoms with Gasteiger partial charge < -0.3 is 35.5 Å². The molecule has 24 heavy (non-hydrogen) atoms. The molecule has 0 spiro atoms. The monoisotopic (exact) mass is 394 g/mol. The van der Waals surface area contributed by atoms with E-state index in [1.165, 1.54) is 0 Å². The minimum Gasteiger partial charge on any atom is -0.549 e. The molecular weight excluding hydrogens is 378 g/mol. The zero-order chi connectivity index (χ0) is 15.7. The Kier molecular flexibility index (Phi) is 30.5. The molecule has 0 aromatic heterocycles. The summed E-state index contributed by atoms with van der Waals surface area (Å²) in [4.78, 5) is 43.9. The molecule has 0 rings (SSSR count). The van der Waals surface area contributed by atoms with Crippen LogP contribution in [0.4, 0.5) is 0 Å². The maximum absolute atomic E-state index is 10.5. The molecule has 0 aromatic rings. The van der Waals surface area contributed by atoms with E-state index in [0.29, 0.717) is 0 Å². The number of carbonyl (C=O) groups excluding carboxylic acids is 2. The first kappa shape index (κ1) is 36.0. The quantitative estimate of drug-likeness (QED) is 0.318. The van der Waals surface area contributed by atoms with Crippen LogP contribution in [0.5, 0.6) is 0 Å². The molecule has 0 unspecified atom stereocenters. The molecule has 2 radical (unpaired) electrons. The second-order valence-corrected chi connectivity index (χ2v) is 3.95. The van der Waals surface area contributed by atoms with Crippen molar-refractivity contribution in [3.8, 4) is 0 Å². The minimum atomic E-state index is -1.51. The van der Waals surface area contributed by atoms with Gasteiger partial charge in [0, 0.05) is 85.3 Å². The summed E-state index contributed by atoms with van der Waals surface area (Å²) >= 11 is 0. The summed E-state index contributed by atoms with van der Waals surface area (Å²) in [6.45, 7) is -2.75. The van der Waals surface area contributed by atoms with E-state index in [-0.39, 0.29) is 115 Å². The van der Waals surface area contributed by atoms with E-state index in [9.17, 15) is 29.4 Å². The van der Waals surface area contributed by atoms with Crippen molar-refractivity contribution in [1.29, 1.82) is 0 Å². The summed E-state index contributed by atoms with van der Waals surface area (Å²) < 4.78 is 0. The van der Waals surface area contributed by atoms with Gasteiger partial charge in [0.15, 0.2) is 0 Å². The Morgan fingerprint density at radius 3 is 1.17 bits per heavy atom. The van der Waals surface area contributed by atoms with Crippen LogP contribution in [-0.2, 0) is 19.2 Å². The van der Waals surface area contributed by atoms with E-state index in [1.807, 2.05) is 0 Å². The summed E-state index contributed by atoms with van der Waals surface area (Å²) in [7, 11) is 0. The Morgan fingerprint density at radius 2 is 0.958 bits per heavy atom. The van der Waals surface area contributed by atoms with Crippen LogP contribution in [0.15, 0.2) is 0 Å². The predicted octanol–water partition coefficient (Wildman–Crippen LogP) is -6.71. The summed E-state index contributed by atoms with van der Waals surface area (Å²) in [5, 5.41) is 38.0. The van der Waals surface area contributed by atoms with E-state index in [2.05, 4.69) is 0 Å². The molecule has 0 saturated carbocycles. The Bertz CT molecular complexity index is 333. The first-order valence-corrected chi connectivity index (χ1v) is 5.48. The molecule has 0 aromatic carbocycles. The normalized spacial score (nSPS) is 8.92. The average molecular weight is 394 g/mol. The molecule has 0 aliphatic rings. The summed E-state index contributed by atoms with van der Waals surface area (Å²) in [6, 6.07) is 0. The number of rotatable bonds is 11. The Labute approximate surface area is 212 Å². The van der Waals surface area contributed by atoms with Crippen molar-refractivity contribution in [2.24, 2.45) is 0 Å². The van der Waals surface area contributed by atoms with Gasteiger partial charge >= 0.3 is 49.7 Å². The largest absolute Gasteiger partial charge is 2.00 e. The first-order chi connectivity index (χ1) is 9.20. The maximum Gasteiger partial charge on any atom is 2.00 e. The smallest absolute Gasteiger partial charge is 0.549 e. The van der Waals surface area contributed by atoms with E-state index in [4.69, 9.17) is 10.2 Å². The van der Waals surface area contributed by atoms with Crippen LogP contribution in [0.3, 0.4) is 0 Å². The number of hydrogen-bond acceptors (Lipinski definition) is 8. The molecular formula is C10H16CaN2Na2O9. The van der Waals surface area contributed by atoms with Crippen LogP contribution >= 0.6 is 0 Å². The van der Waals surface area contributed by atoms with E-state index in [1.54, 1.807) is 0 Å². The number of aliphatic carboxylic acids is 4. The molecule has 0 heterocycles. The molecule has 0 aliphatic heterocycles. The number of carbonyl (C=O) groups is 4. The molecule has 124 valence electrons. The third-order valence-corrected chi connectivity index (χ3v) is 2.16. The van der Waals surface area contributed by atoms with Crippen LogP contribution in [0, 0.1) is 0 Å². The molecule has 11 nitrogen and oxygen atoms in total. The van der Waals surface area contributed by atoms with Gasteiger partial charge in [-0.15, -0.1) is 0 Å². The third-order valence-electron chi connectivity index (χ3n) is 2.16. The van der Waals surface area contributed by atoms with Gasteiger partial charge in [-0.3, -0.25) is 19.4 Å². The fourth-order valence-corrected chi connectivity index (χ4v) is 1.46. The molecule has 0 fully saturated rings. The fraction of sp³-hybridized carbons (Fsp3) is 0.600. The van der Waals surface area contributed by atoms with Crippen LogP contribution in [0.2, 0.25) is 0 Å². The third kappa shape index (κ3) is 23.0. The van der Waals surface area contributed by atoms with Crippen molar-refractivity contribution in [3.63, 3.8) is 0 Å². The number of nitrogens with zero attached hydrogens (tertiary/aromatic N) is 2. The second kappa shape index (κ2) is 20.3. The van der Waals surface area contributed by atoms with Crippen LogP contribution in [0.25, 0.3) is 0 Å². The number of carboxylic acid groups (broad SMARTS) is 4. The van der Waals surface area contributed by atoms with Gasteiger partial charge in [0.25, 0.3) is 0 Å². The number of carboxylic acids is 4. The van der Waals surface area contributed by atoms with Crippen molar-refractivity contribution in [3.05, 3.63) is 0 Å². The van der Waals surface area contributed by atoms with Crippen LogP contribution in [0.1, 0.15) is 0 Å². The molecule has 0 atom stereocenters. The second-order valence-electron chi connectivity index (χ2n) is 3.95. The van der Waals surface area contributed by atoms with Gasteiger partial charge in [0.1, 0.15) is 0 Å². The van der Waals surface area contributed by atoms with Gasteiger partial charge in [0.05, 0.1) is 25.0 Å². The molecule has 4 N–H and O–H groups in total. The van der Waals surface area contributed by atoms with Crippen molar-refractivity contribution >= 4 is 121 Å². The summed E-state index contributed by atoms with van der Waals surface area (Å²) in [5.74, 6) is -5.52. The van der Waals surface area contributed by atoms with Gasteiger partial charge in [-0.05, 0) is 0 Å². The minimum absolute atomic E-state index is 0. The fourth-order valence-electron chi connectivity index (χ4n) is 1.46. The Morgan fingerprint density at radius 1 is 0.708 bits per heavy atom. The first-order valence-electron chi connectivity index (χ1n) is 5.48. The summed E-state index contributed by atoms with van der Waals surface area (Å²) in [5.41, 5.74) is 0. The average Bonchev–Trinajstić information content (AvgIpc) is 2.22. The summed E-state index contributed by atoms with van der Waals surface area (Å²) in [6.07, 6.45) is 0. The topological polar surface area (TPSA) is 193 Å². The molecule has 0 aliphatic carbocycles. The molecule has 14 heteroatoms. The Balaban J connectivity index is -0.000000301. The van der Waals surface area contributed by atoms with E-state index in [0.717, 1.165) is 9.80 Å². The molecule has 0 amide bonds. The van der Waals surface area contributed by atoms with Crippen molar-refractivity contribution in [2.75, 3.05) is 39.3 Å². The standard InChI is InChI=1S/C10H16N2O8.Ca.2Na.H2O/c13-7(14)3-11(4-8(15)16)1-2-12(5-9(17)18)6-10(19)20;;;;/h1-6H2,(H,13,14)(H,15,16)(H,17,18)(H,19,20);;;;1H2/q;+2;;;/p-2. The SMILES string of the molecule is O.O=C([O-])CN(CCN(CC(=O)O)CC(=O)O)CC(=O)[O-].[Ca+2].[Na].[Na]. The van der Waals surface area contributed by atoms with E-state index >= 15 is 0 Å². The van der Waals surface area contributed by atoms with Crippen LogP contribution < -0.4 is 10.2 Å². The van der Waals surface area contributed by atoms with E-state index < -0.39 is 50.1 Å². The predicted molar refractivity (Wildman–Crippen MR) is 79.0 cm³/mol. The number of hydrogen-bond donors (Lipinski definition) is 2. The van der Waals surface area contributed by atoms with Crippen molar-refractivity contribution < 1.29 is 45.1 Å². The van der Waals surface area contributed by atoms with Gasteiger partial charge in [-0.2, -0.15) is 0 Å². The van der Waals surface area contributed by atoms with Gasteiger partial charge in [-0.25, -0.2) is 0 Å². The Hall–Kier alpha value is 1.02. The van der Waals surface area contributed by atoms with Crippen LogP contribution in [-0.4, -0.2) is 185 Å². The van der Waals surface area contributed by atoms with Crippen molar-refractivity contribution in [1.82, 2.24) is 9.80 Å². The zero-order valence-electron chi connectivity index (χ0n) is 13.7. The molecule has 0 bridgehead atoms. The maximum atomic E-state index is 10.5.